The van der Waals surface area contributed by atoms with E-state index >= 15 is 0 Å². The second kappa shape index (κ2) is 12.6. The first-order valence-corrected chi connectivity index (χ1v) is 14.6. The van der Waals surface area contributed by atoms with Gasteiger partial charge in [-0.15, -0.1) is 0 Å². The van der Waals surface area contributed by atoms with Crippen molar-refractivity contribution in [1.82, 2.24) is 0 Å². The fourth-order valence-electron chi connectivity index (χ4n) is 5.26. The molecule has 3 heteroatoms. The predicted molar refractivity (Wildman–Crippen MR) is 172 cm³/mol. The van der Waals surface area contributed by atoms with E-state index in [0.29, 0.717) is 34.8 Å². The van der Waals surface area contributed by atoms with Gasteiger partial charge in [-0.3, -0.25) is 4.79 Å². The Kier molecular flexibility index (Phi) is 9.14. The Morgan fingerprint density at radius 1 is 0.450 bits per heavy atom. The molecule has 4 rings (SSSR count). The van der Waals surface area contributed by atoms with Gasteiger partial charge in [-0.05, 0) is 94.5 Å². The van der Waals surface area contributed by atoms with Crippen LogP contribution < -0.4 is 10.6 Å². The van der Waals surface area contributed by atoms with Gasteiger partial charge in [0.2, 0.25) is 0 Å². The van der Waals surface area contributed by atoms with Crippen LogP contribution >= 0.6 is 0 Å². The molecule has 0 spiro atoms. The molecule has 0 unspecified atom stereocenters. The lowest BCUT2D eigenvalue weighted by Gasteiger charge is -2.21. The van der Waals surface area contributed by atoms with Gasteiger partial charge < -0.3 is 10.6 Å². The lowest BCUT2D eigenvalue weighted by molar-refractivity contribution is 0.103. The molecular weight excluding hydrogens is 488 g/mol. The Balaban J connectivity index is 1.52. The van der Waals surface area contributed by atoms with Gasteiger partial charge in [0.15, 0.2) is 5.78 Å². The Labute approximate surface area is 241 Å². The zero-order valence-electron chi connectivity index (χ0n) is 25.3. The van der Waals surface area contributed by atoms with Crippen molar-refractivity contribution >= 4 is 28.5 Å². The van der Waals surface area contributed by atoms with Gasteiger partial charge >= 0.3 is 0 Å². The zero-order valence-corrected chi connectivity index (χ0v) is 25.3. The smallest absolute Gasteiger partial charge is 0.193 e. The van der Waals surface area contributed by atoms with Gasteiger partial charge in [-0.1, -0.05) is 91.8 Å². The molecule has 3 nitrogen and oxygen atoms in total. The highest BCUT2D eigenvalue weighted by Gasteiger charge is 2.16. The molecule has 0 aromatic heterocycles. The van der Waals surface area contributed by atoms with Crippen molar-refractivity contribution in [2.45, 2.75) is 79.1 Å². The van der Waals surface area contributed by atoms with Crippen LogP contribution in [0.1, 0.15) is 117 Å². The number of hydrogen-bond donors (Lipinski definition) is 2. The Morgan fingerprint density at radius 3 is 0.975 bits per heavy atom. The molecule has 0 aliphatic heterocycles. The summed E-state index contributed by atoms with van der Waals surface area (Å²) >= 11 is 0. The summed E-state index contributed by atoms with van der Waals surface area (Å²) in [6.45, 7) is 17.8. The summed E-state index contributed by atoms with van der Waals surface area (Å²) < 4.78 is 0. The summed E-state index contributed by atoms with van der Waals surface area (Å²) in [6, 6.07) is 28.7. The van der Waals surface area contributed by atoms with Crippen molar-refractivity contribution in [3.63, 3.8) is 0 Å². The van der Waals surface area contributed by atoms with Crippen molar-refractivity contribution in [3.8, 4) is 0 Å². The van der Waals surface area contributed by atoms with Gasteiger partial charge in [-0.2, -0.15) is 0 Å². The molecule has 208 valence electrons. The minimum Gasteiger partial charge on any atom is -0.355 e. The van der Waals surface area contributed by atoms with E-state index in [1.54, 1.807) is 0 Å². The first-order valence-electron chi connectivity index (χ1n) is 14.6. The SMILES string of the molecule is CC(C)c1cccc(C(C)C)c1Nc1ccc(C(=O)c2ccc(Nc3c(C(C)C)cccc3C(C)C)cc2)cc1. The van der Waals surface area contributed by atoms with E-state index in [-0.39, 0.29) is 5.78 Å². The molecule has 4 aromatic rings. The Hall–Kier alpha value is -3.85. The second-order valence-corrected chi connectivity index (χ2v) is 12.0. The van der Waals surface area contributed by atoms with Gasteiger partial charge in [-0.25, -0.2) is 0 Å². The number of nitrogens with one attached hydrogen (secondary N) is 2. The summed E-state index contributed by atoms with van der Waals surface area (Å²) in [7, 11) is 0. The van der Waals surface area contributed by atoms with E-state index in [0.717, 1.165) is 11.4 Å². The average Bonchev–Trinajstić information content (AvgIpc) is 2.93. The molecule has 0 atom stereocenters. The lowest BCUT2D eigenvalue weighted by atomic mass is 9.92. The quantitative estimate of drug-likeness (QED) is 0.200. The number of benzene rings is 4. The van der Waals surface area contributed by atoms with Gasteiger partial charge in [0.25, 0.3) is 0 Å². The van der Waals surface area contributed by atoms with Crippen molar-refractivity contribution < 1.29 is 4.79 Å². The van der Waals surface area contributed by atoms with Crippen molar-refractivity contribution in [1.29, 1.82) is 0 Å². The Morgan fingerprint density at radius 2 is 0.725 bits per heavy atom. The van der Waals surface area contributed by atoms with E-state index in [1.165, 1.54) is 33.6 Å². The van der Waals surface area contributed by atoms with Crippen LogP contribution in [0.4, 0.5) is 22.7 Å². The molecular formula is C37H44N2O. The molecule has 0 amide bonds. The van der Waals surface area contributed by atoms with Gasteiger partial charge in [0, 0.05) is 33.9 Å². The van der Waals surface area contributed by atoms with Crippen LogP contribution in [-0.2, 0) is 0 Å². The molecule has 4 aromatic carbocycles. The molecule has 40 heavy (non-hydrogen) atoms. The average molecular weight is 533 g/mol. The van der Waals surface area contributed by atoms with E-state index < -0.39 is 0 Å². The monoisotopic (exact) mass is 532 g/mol. The van der Waals surface area contributed by atoms with E-state index in [4.69, 9.17) is 0 Å². The summed E-state index contributed by atoms with van der Waals surface area (Å²) in [5, 5.41) is 7.29. The van der Waals surface area contributed by atoms with E-state index in [9.17, 15) is 4.79 Å². The predicted octanol–water partition coefficient (Wildman–Crippen LogP) is 10.9. The molecule has 0 saturated heterocycles. The summed E-state index contributed by atoms with van der Waals surface area (Å²) in [5.74, 6) is 1.67. The minimum atomic E-state index is 0.0222. The first kappa shape index (κ1) is 29.1. The maximum Gasteiger partial charge on any atom is 0.193 e. The number of anilines is 4. The van der Waals surface area contributed by atoms with Crippen molar-refractivity contribution in [2.24, 2.45) is 0 Å². The van der Waals surface area contributed by atoms with E-state index in [1.807, 2.05) is 48.5 Å². The molecule has 0 fully saturated rings. The molecule has 0 saturated carbocycles. The summed E-state index contributed by atoms with van der Waals surface area (Å²) in [4.78, 5) is 13.3. The third-order valence-electron chi connectivity index (χ3n) is 7.58. The topological polar surface area (TPSA) is 41.1 Å². The molecule has 0 aliphatic rings. The van der Waals surface area contributed by atoms with E-state index in [2.05, 4.69) is 102 Å². The van der Waals surface area contributed by atoms with Crippen LogP contribution in [0.15, 0.2) is 84.9 Å². The highest BCUT2D eigenvalue weighted by atomic mass is 16.1. The maximum absolute atomic E-state index is 13.3. The summed E-state index contributed by atoms with van der Waals surface area (Å²) in [5.41, 5.74) is 10.9. The highest BCUT2D eigenvalue weighted by molar-refractivity contribution is 6.09. The molecule has 0 radical (unpaired) electrons. The number of rotatable bonds is 10. The fourth-order valence-corrected chi connectivity index (χ4v) is 5.26. The number of para-hydroxylation sites is 2. The number of hydrogen-bond acceptors (Lipinski definition) is 3. The van der Waals surface area contributed by atoms with Gasteiger partial charge in [0.05, 0.1) is 0 Å². The van der Waals surface area contributed by atoms with Crippen LogP contribution in [0.25, 0.3) is 0 Å². The molecule has 0 bridgehead atoms. The first-order chi connectivity index (χ1) is 19.1. The van der Waals surface area contributed by atoms with Crippen molar-refractivity contribution in [3.05, 3.63) is 118 Å². The molecule has 0 aliphatic carbocycles. The highest BCUT2D eigenvalue weighted by Crippen LogP contribution is 2.36. The Bertz CT molecular complexity index is 1280. The van der Waals surface area contributed by atoms with Crippen LogP contribution in [-0.4, -0.2) is 5.78 Å². The fraction of sp³-hybridized carbons (Fsp3) is 0.324. The van der Waals surface area contributed by atoms with Crippen LogP contribution in [0.2, 0.25) is 0 Å². The van der Waals surface area contributed by atoms with Crippen molar-refractivity contribution in [2.75, 3.05) is 10.6 Å². The normalized spacial score (nSPS) is 11.5. The minimum absolute atomic E-state index is 0.0222. The van der Waals surface area contributed by atoms with Crippen LogP contribution in [0.5, 0.6) is 0 Å². The number of carbonyl (C=O) groups is 1. The number of carbonyl (C=O) groups excluding carboxylic acids is 1. The third-order valence-corrected chi connectivity index (χ3v) is 7.58. The number of ketones is 1. The third kappa shape index (κ3) is 6.47. The van der Waals surface area contributed by atoms with Gasteiger partial charge in [0.1, 0.15) is 0 Å². The van der Waals surface area contributed by atoms with Crippen LogP contribution in [0.3, 0.4) is 0 Å². The second-order valence-electron chi connectivity index (χ2n) is 12.0. The lowest BCUT2D eigenvalue weighted by Crippen LogP contribution is -2.05. The molecule has 0 heterocycles. The molecule has 2 N–H and O–H groups in total. The maximum atomic E-state index is 13.3. The van der Waals surface area contributed by atoms with Crippen LogP contribution in [0, 0.1) is 0 Å². The zero-order chi connectivity index (χ0) is 29.0. The standard InChI is InChI=1S/C37H44N2O/c1-23(2)31-11-9-12-32(24(3)4)35(31)38-29-19-15-27(16-20-29)37(40)28-17-21-30(22-18-28)39-36-33(25(5)6)13-10-14-34(36)26(7)8/h9-26,38-39H,1-8H3. The largest absolute Gasteiger partial charge is 0.355 e. The summed E-state index contributed by atoms with van der Waals surface area (Å²) in [6.07, 6.45) is 0.